The van der Waals surface area contributed by atoms with Crippen LogP contribution in [0.25, 0.3) is 0 Å². The maximum atomic E-state index is 13.0. The van der Waals surface area contributed by atoms with Crippen LogP contribution in [0.15, 0.2) is 71.6 Å². The number of aromatic nitrogens is 2. The normalized spacial score (nSPS) is 10.8. The Hall–Kier alpha value is -3.65. The van der Waals surface area contributed by atoms with Gasteiger partial charge in [-0.3, -0.25) is 14.3 Å². The first kappa shape index (κ1) is 20.6. The third-order valence-electron chi connectivity index (χ3n) is 4.73. The predicted octanol–water partition coefficient (Wildman–Crippen LogP) is 4.42. The number of nitrogens with zero attached hydrogens (tertiary/aromatic N) is 3. The van der Waals surface area contributed by atoms with Gasteiger partial charge in [0.1, 0.15) is 0 Å². The number of furan rings is 1. The smallest absolute Gasteiger partial charge is 0.291 e. The second-order valence-corrected chi connectivity index (χ2v) is 8.30. The van der Waals surface area contributed by atoms with E-state index in [2.05, 4.69) is 22.5 Å². The molecule has 3 heterocycles. The van der Waals surface area contributed by atoms with Gasteiger partial charge in [0.05, 0.1) is 28.9 Å². The van der Waals surface area contributed by atoms with Crippen molar-refractivity contribution in [2.75, 3.05) is 12.4 Å². The molecule has 0 fully saturated rings. The molecule has 0 aliphatic rings. The number of hydrogen-bond donors (Lipinski definition) is 1. The molecule has 0 saturated heterocycles. The number of rotatable bonds is 7. The number of carbonyl (C=O) groups is 2. The van der Waals surface area contributed by atoms with Crippen LogP contribution < -0.4 is 5.32 Å². The van der Waals surface area contributed by atoms with E-state index in [4.69, 9.17) is 4.42 Å². The lowest BCUT2D eigenvalue weighted by Gasteiger charge is -2.15. The third kappa shape index (κ3) is 4.92. The molecule has 4 rings (SSSR count). The van der Waals surface area contributed by atoms with E-state index < -0.39 is 0 Å². The van der Waals surface area contributed by atoms with Crippen LogP contribution in [0, 0.1) is 6.92 Å². The van der Waals surface area contributed by atoms with Crippen molar-refractivity contribution in [1.29, 1.82) is 0 Å². The van der Waals surface area contributed by atoms with Crippen molar-refractivity contribution in [3.63, 3.8) is 0 Å². The highest BCUT2D eigenvalue weighted by Crippen LogP contribution is 2.28. The maximum Gasteiger partial charge on any atom is 0.291 e. The SMILES string of the molecule is Cc1cc(NC(=O)c2ccco2)sc1C(=O)N(C)Cc1cnn(Cc2ccccc2)c1. The summed E-state index contributed by atoms with van der Waals surface area (Å²) in [6.07, 6.45) is 5.18. The average Bonchev–Trinajstić information content (AvgIpc) is 3.50. The minimum absolute atomic E-state index is 0.100. The number of benzene rings is 1. The van der Waals surface area contributed by atoms with Gasteiger partial charge in [-0.05, 0) is 36.2 Å². The first-order valence-corrected chi connectivity index (χ1v) is 10.6. The minimum atomic E-state index is -0.343. The van der Waals surface area contributed by atoms with E-state index in [0.29, 0.717) is 23.0 Å². The molecular weight excluding hydrogens is 412 g/mol. The molecule has 0 aliphatic carbocycles. The van der Waals surface area contributed by atoms with Crippen molar-refractivity contribution in [2.24, 2.45) is 0 Å². The second-order valence-electron chi connectivity index (χ2n) is 7.25. The predicted molar refractivity (Wildman–Crippen MR) is 119 cm³/mol. The molecule has 3 aromatic heterocycles. The summed E-state index contributed by atoms with van der Waals surface area (Å²) in [6, 6.07) is 15.1. The molecular formula is C23H22N4O3S. The molecule has 158 valence electrons. The zero-order valence-corrected chi connectivity index (χ0v) is 18.1. The fraction of sp³-hybridized carbons (Fsp3) is 0.174. The molecule has 0 aliphatic heterocycles. The quantitative estimate of drug-likeness (QED) is 0.467. The topological polar surface area (TPSA) is 80.4 Å². The Kier molecular flexibility index (Phi) is 5.99. The van der Waals surface area contributed by atoms with Gasteiger partial charge in [-0.2, -0.15) is 5.10 Å². The zero-order valence-electron chi connectivity index (χ0n) is 17.2. The summed E-state index contributed by atoms with van der Waals surface area (Å²) >= 11 is 1.25. The first-order valence-electron chi connectivity index (χ1n) is 9.75. The Morgan fingerprint density at radius 1 is 1.16 bits per heavy atom. The van der Waals surface area contributed by atoms with E-state index in [1.165, 1.54) is 23.2 Å². The standard InChI is InChI=1S/C23H22N4O3S/c1-16-11-20(25-22(28)19-9-6-10-30-19)31-21(16)23(29)26(2)13-18-12-24-27(15-18)14-17-7-4-3-5-8-17/h3-12,15H,13-14H2,1-2H3,(H,25,28). The Morgan fingerprint density at radius 2 is 1.97 bits per heavy atom. The van der Waals surface area contributed by atoms with Crippen LogP contribution in [-0.4, -0.2) is 33.5 Å². The highest BCUT2D eigenvalue weighted by Gasteiger charge is 2.20. The summed E-state index contributed by atoms with van der Waals surface area (Å²) in [7, 11) is 1.76. The summed E-state index contributed by atoms with van der Waals surface area (Å²) in [6.45, 7) is 2.98. The van der Waals surface area contributed by atoms with E-state index >= 15 is 0 Å². The molecule has 0 unspecified atom stereocenters. The lowest BCUT2D eigenvalue weighted by Crippen LogP contribution is -2.25. The molecule has 2 amide bonds. The number of carbonyl (C=O) groups excluding carboxylic acids is 2. The van der Waals surface area contributed by atoms with Crippen molar-refractivity contribution in [2.45, 2.75) is 20.0 Å². The van der Waals surface area contributed by atoms with Crippen LogP contribution in [0.4, 0.5) is 5.00 Å². The van der Waals surface area contributed by atoms with Gasteiger partial charge in [-0.15, -0.1) is 11.3 Å². The zero-order chi connectivity index (χ0) is 21.8. The summed E-state index contributed by atoms with van der Waals surface area (Å²) in [5, 5.41) is 7.78. The Labute approximate surface area is 183 Å². The summed E-state index contributed by atoms with van der Waals surface area (Å²) < 4.78 is 6.97. The molecule has 0 saturated carbocycles. The summed E-state index contributed by atoms with van der Waals surface area (Å²) in [5.41, 5.74) is 2.93. The van der Waals surface area contributed by atoms with Gasteiger partial charge in [-0.1, -0.05) is 30.3 Å². The third-order valence-corrected chi connectivity index (χ3v) is 5.87. The number of hydrogen-bond acceptors (Lipinski definition) is 5. The van der Waals surface area contributed by atoms with Crippen molar-refractivity contribution in [3.8, 4) is 0 Å². The molecule has 1 N–H and O–H groups in total. The number of amides is 2. The number of thiophene rings is 1. The summed E-state index contributed by atoms with van der Waals surface area (Å²) in [4.78, 5) is 27.4. The molecule has 7 nitrogen and oxygen atoms in total. The molecule has 31 heavy (non-hydrogen) atoms. The van der Waals surface area contributed by atoms with Crippen LogP contribution in [0.3, 0.4) is 0 Å². The molecule has 0 bridgehead atoms. The number of anilines is 1. The minimum Gasteiger partial charge on any atom is -0.459 e. The van der Waals surface area contributed by atoms with Gasteiger partial charge in [0.15, 0.2) is 5.76 Å². The van der Waals surface area contributed by atoms with Crippen molar-refractivity contribution in [3.05, 3.63) is 94.5 Å². The Morgan fingerprint density at radius 3 is 2.71 bits per heavy atom. The molecule has 1 aromatic carbocycles. The molecule has 0 atom stereocenters. The highest BCUT2D eigenvalue weighted by molar-refractivity contribution is 7.18. The van der Waals surface area contributed by atoms with Crippen molar-refractivity contribution < 1.29 is 14.0 Å². The van der Waals surface area contributed by atoms with E-state index in [-0.39, 0.29) is 17.6 Å². The van der Waals surface area contributed by atoms with Crippen LogP contribution in [0.2, 0.25) is 0 Å². The molecule has 0 radical (unpaired) electrons. The van der Waals surface area contributed by atoms with Gasteiger partial charge in [0.25, 0.3) is 11.8 Å². The lowest BCUT2D eigenvalue weighted by molar-refractivity contribution is 0.0789. The number of aryl methyl sites for hydroxylation is 1. The fourth-order valence-electron chi connectivity index (χ4n) is 3.20. The van der Waals surface area contributed by atoms with Crippen LogP contribution in [0.1, 0.15) is 36.9 Å². The Balaban J connectivity index is 1.39. The van der Waals surface area contributed by atoms with E-state index in [0.717, 1.165) is 11.1 Å². The van der Waals surface area contributed by atoms with E-state index in [9.17, 15) is 9.59 Å². The van der Waals surface area contributed by atoms with Gasteiger partial charge < -0.3 is 14.6 Å². The number of nitrogens with one attached hydrogen (secondary N) is 1. The Bertz CT molecular complexity index is 1180. The van der Waals surface area contributed by atoms with Crippen LogP contribution in [0.5, 0.6) is 0 Å². The monoisotopic (exact) mass is 434 g/mol. The van der Waals surface area contributed by atoms with Gasteiger partial charge in [0, 0.05) is 25.4 Å². The van der Waals surface area contributed by atoms with Crippen molar-refractivity contribution >= 4 is 28.2 Å². The average molecular weight is 435 g/mol. The van der Waals surface area contributed by atoms with E-state index in [1.54, 1.807) is 36.3 Å². The summed E-state index contributed by atoms with van der Waals surface area (Å²) in [5.74, 6) is -0.218. The lowest BCUT2D eigenvalue weighted by atomic mass is 10.2. The van der Waals surface area contributed by atoms with E-state index in [1.807, 2.05) is 36.0 Å². The highest BCUT2D eigenvalue weighted by atomic mass is 32.1. The molecule has 0 spiro atoms. The van der Waals surface area contributed by atoms with Gasteiger partial charge >= 0.3 is 0 Å². The first-order chi connectivity index (χ1) is 15.0. The van der Waals surface area contributed by atoms with Crippen LogP contribution >= 0.6 is 11.3 Å². The molecule has 8 heteroatoms. The van der Waals surface area contributed by atoms with Gasteiger partial charge in [-0.25, -0.2) is 0 Å². The van der Waals surface area contributed by atoms with Crippen molar-refractivity contribution in [1.82, 2.24) is 14.7 Å². The van der Waals surface area contributed by atoms with Gasteiger partial charge in [0.2, 0.25) is 0 Å². The largest absolute Gasteiger partial charge is 0.459 e. The molecule has 4 aromatic rings. The fourth-order valence-corrected chi connectivity index (χ4v) is 4.26. The van der Waals surface area contributed by atoms with Crippen LogP contribution in [-0.2, 0) is 13.1 Å². The second kappa shape index (κ2) is 9.01. The maximum absolute atomic E-state index is 13.0.